The second kappa shape index (κ2) is 7.14. The Morgan fingerprint density at radius 2 is 2.03 bits per heavy atom. The molecule has 1 amide bonds. The quantitative estimate of drug-likeness (QED) is 0.490. The lowest BCUT2D eigenvalue weighted by molar-refractivity contribution is -0.121. The SMILES string of the molecule is O=COc1csc(-n2nc(-c3ccccc3)c3ccc(NC(=O)C4CC4)cc32)n1. The number of thiazole rings is 1. The third-order valence-electron chi connectivity index (χ3n) is 4.76. The number of nitrogens with one attached hydrogen (secondary N) is 1. The second-order valence-corrected chi connectivity index (χ2v) is 7.64. The van der Waals surface area contributed by atoms with E-state index in [1.54, 1.807) is 10.1 Å². The van der Waals surface area contributed by atoms with Crippen LogP contribution in [-0.2, 0) is 9.59 Å². The highest BCUT2D eigenvalue weighted by Crippen LogP contribution is 2.34. The van der Waals surface area contributed by atoms with E-state index >= 15 is 0 Å². The van der Waals surface area contributed by atoms with Crippen LogP contribution in [0.4, 0.5) is 5.69 Å². The van der Waals surface area contributed by atoms with E-state index in [-0.39, 0.29) is 17.7 Å². The third kappa shape index (κ3) is 3.38. The van der Waals surface area contributed by atoms with Gasteiger partial charge in [-0.25, -0.2) is 4.68 Å². The van der Waals surface area contributed by atoms with E-state index in [0.29, 0.717) is 11.6 Å². The summed E-state index contributed by atoms with van der Waals surface area (Å²) in [5.41, 5.74) is 3.32. The summed E-state index contributed by atoms with van der Waals surface area (Å²) in [4.78, 5) is 27.1. The maximum Gasteiger partial charge on any atom is 0.299 e. The van der Waals surface area contributed by atoms with Gasteiger partial charge in [-0.3, -0.25) is 9.59 Å². The summed E-state index contributed by atoms with van der Waals surface area (Å²) in [5.74, 6) is 0.398. The maximum absolute atomic E-state index is 12.2. The van der Waals surface area contributed by atoms with Gasteiger partial charge in [0.1, 0.15) is 5.69 Å². The molecule has 29 heavy (non-hydrogen) atoms. The number of ether oxygens (including phenoxy) is 1. The molecule has 2 aromatic heterocycles. The summed E-state index contributed by atoms with van der Waals surface area (Å²) in [6.07, 6.45) is 1.89. The average Bonchev–Trinajstić information content (AvgIpc) is 3.39. The number of aromatic nitrogens is 3. The van der Waals surface area contributed by atoms with Crippen molar-refractivity contribution in [2.45, 2.75) is 12.8 Å². The Hall–Kier alpha value is -3.52. The Morgan fingerprint density at radius 3 is 2.79 bits per heavy atom. The molecule has 0 unspecified atom stereocenters. The number of hydrogen-bond acceptors (Lipinski definition) is 6. The largest absolute Gasteiger partial charge is 0.409 e. The van der Waals surface area contributed by atoms with Gasteiger partial charge >= 0.3 is 0 Å². The molecule has 0 spiro atoms. The molecule has 1 fully saturated rings. The van der Waals surface area contributed by atoms with E-state index in [9.17, 15) is 9.59 Å². The Balaban J connectivity index is 1.64. The Labute approximate surface area is 169 Å². The van der Waals surface area contributed by atoms with Gasteiger partial charge in [-0.1, -0.05) is 41.7 Å². The molecule has 1 aliphatic carbocycles. The summed E-state index contributed by atoms with van der Waals surface area (Å²) in [7, 11) is 0. The van der Waals surface area contributed by atoms with Crippen LogP contribution in [0.1, 0.15) is 12.8 Å². The number of rotatable bonds is 6. The van der Waals surface area contributed by atoms with Crippen molar-refractivity contribution in [3.63, 3.8) is 0 Å². The predicted molar refractivity (Wildman–Crippen MR) is 110 cm³/mol. The lowest BCUT2D eigenvalue weighted by Gasteiger charge is -2.05. The van der Waals surface area contributed by atoms with Crippen molar-refractivity contribution in [2.24, 2.45) is 5.92 Å². The zero-order chi connectivity index (χ0) is 19.8. The van der Waals surface area contributed by atoms with E-state index in [2.05, 4.69) is 10.3 Å². The van der Waals surface area contributed by atoms with Crippen molar-refractivity contribution in [2.75, 3.05) is 5.32 Å². The second-order valence-electron chi connectivity index (χ2n) is 6.80. The number of anilines is 1. The Kier molecular flexibility index (Phi) is 4.33. The molecule has 1 saturated carbocycles. The zero-order valence-electron chi connectivity index (χ0n) is 15.2. The summed E-state index contributed by atoms with van der Waals surface area (Å²) in [6.45, 7) is 0.348. The van der Waals surface area contributed by atoms with Gasteiger partial charge in [-0.05, 0) is 31.0 Å². The van der Waals surface area contributed by atoms with Crippen LogP contribution in [0.15, 0.2) is 53.9 Å². The number of carbonyl (C=O) groups excluding carboxylic acids is 2. The van der Waals surface area contributed by atoms with E-state index in [1.807, 2.05) is 48.5 Å². The van der Waals surface area contributed by atoms with Crippen molar-refractivity contribution in [1.29, 1.82) is 0 Å². The van der Waals surface area contributed by atoms with E-state index in [1.165, 1.54) is 11.3 Å². The minimum atomic E-state index is 0.0506. The van der Waals surface area contributed by atoms with Crippen LogP contribution in [0.2, 0.25) is 0 Å². The van der Waals surface area contributed by atoms with Crippen LogP contribution >= 0.6 is 11.3 Å². The van der Waals surface area contributed by atoms with Crippen LogP contribution in [0.3, 0.4) is 0 Å². The van der Waals surface area contributed by atoms with Gasteiger partial charge in [0, 0.05) is 22.6 Å². The first-order valence-electron chi connectivity index (χ1n) is 9.18. The van der Waals surface area contributed by atoms with Crippen molar-refractivity contribution in [3.05, 3.63) is 53.9 Å². The molecule has 0 bridgehead atoms. The van der Waals surface area contributed by atoms with E-state index < -0.39 is 0 Å². The van der Waals surface area contributed by atoms with Gasteiger partial charge in [-0.15, -0.1) is 0 Å². The van der Waals surface area contributed by atoms with Gasteiger partial charge < -0.3 is 10.1 Å². The van der Waals surface area contributed by atoms with E-state index in [4.69, 9.17) is 9.84 Å². The Bertz CT molecular complexity index is 1210. The molecule has 7 nitrogen and oxygen atoms in total. The standard InChI is InChI=1S/C21H16N4O3S/c26-12-28-18-11-29-21(23-18)25-17-10-15(22-20(27)14-6-7-14)8-9-16(17)19(24-25)13-4-2-1-3-5-13/h1-5,8-12,14H,6-7H2,(H,22,27). The first-order valence-corrected chi connectivity index (χ1v) is 10.1. The van der Waals surface area contributed by atoms with Gasteiger partial charge in [0.25, 0.3) is 6.47 Å². The summed E-state index contributed by atoms with van der Waals surface area (Å²) in [5, 5.41) is 10.9. The summed E-state index contributed by atoms with van der Waals surface area (Å²) in [6, 6.07) is 15.6. The predicted octanol–water partition coefficient (Wildman–Crippen LogP) is 4.03. The lowest BCUT2D eigenvalue weighted by atomic mass is 10.1. The fourth-order valence-corrected chi connectivity index (χ4v) is 3.88. The molecule has 1 aliphatic rings. The molecule has 8 heteroatoms. The van der Waals surface area contributed by atoms with Crippen LogP contribution in [0.25, 0.3) is 27.3 Å². The smallest absolute Gasteiger partial charge is 0.299 e. The molecule has 5 rings (SSSR count). The minimum Gasteiger partial charge on any atom is -0.409 e. The van der Waals surface area contributed by atoms with Crippen molar-refractivity contribution < 1.29 is 14.3 Å². The van der Waals surface area contributed by atoms with Gasteiger partial charge in [0.05, 0.1) is 10.9 Å². The molecule has 0 atom stereocenters. The Morgan fingerprint density at radius 1 is 1.21 bits per heavy atom. The van der Waals surface area contributed by atoms with Crippen molar-refractivity contribution in [1.82, 2.24) is 14.8 Å². The van der Waals surface area contributed by atoms with Crippen molar-refractivity contribution >= 4 is 40.3 Å². The molecule has 2 heterocycles. The monoisotopic (exact) mass is 404 g/mol. The number of fused-ring (bicyclic) bond motifs is 1. The van der Waals surface area contributed by atoms with Crippen molar-refractivity contribution in [3.8, 4) is 22.3 Å². The normalized spacial score (nSPS) is 13.4. The van der Waals surface area contributed by atoms with Gasteiger partial charge in [0.15, 0.2) is 0 Å². The highest BCUT2D eigenvalue weighted by molar-refractivity contribution is 7.12. The molecule has 0 radical (unpaired) electrons. The molecule has 0 aliphatic heterocycles. The fourth-order valence-electron chi connectivity index (χ4n) is 3.19. The van der Waals surface area contributed by atoms with Crippen LogP contribution in [-0.4, -0.2) is 27.1 Å². The topological polar surface area (TPSA) is 86.1 Å². The molecule has 0 saturated heterocycles. The number of hydrogen-bond donors (Lipinski definition) is 1. The first kappa shape index (κ1) is 17.6. The van der Waals surface area contributed by atoms with Crippen LogP contribution in [0, 0.1) is 5.92 Å². The molecule has 1 N–H and O–H groups in total. The molecule has 2 aromatic carbocycles. The number of amides is 1. The molecule has 4 aromatic rings. The first-order chi connectivity index (χ1) is 14.2. The third-order valence-corrected chi connectivity index (χ3v) is 5.56. The summed E-state index contributed by atoms with van der Waals surface area (Å²) >= 11 is 1.32. The molecule has 144 valence electrons. The maximum atomic E-state index is 12.2. The molecular formula is C21H16N4O3S. The number of benzene rings is 2. The molecular weight excluding hydrogens is 388 g/mol. The van der Waals surface area contributed by atoms with Gasteiger partial charge in [-0.2, -0.15) is 10.1 Å². The number of carbonyl (C=O) groups is 2. The highest BCUT2D eigenvalue weighted by atomic mass is 32.1. The van der Waals surface area contributed by atoms with Crippen LogP contribution in [0.5, 0.6) is 5.88 Å². The zero-order valence-corrected chi connectivity index (χ0v) is 16.1. The van der Waals surface area contributed by atoms with Gasteiger partial charge in [0.2, 0.25) is 16.9 Å². The lowest BCUT2D eigenvalue weighted by Crippen LogP contribution is -2.13. The highest BCUT2D eigenvalue weighted by Gasteiger charge is 2.29. The van der Waals surface area contributed by atoms with Crippen LogP contribution < -0.4 is 10.1 Å². The average molecular weight is 404 g/mol. The number of nitrogens with zero attached hydrogens (tertiary/aromatic N) is 3. The minimum absolute atomic E-state index is 0.0506. The fraction of sp³-hybridized carbons (Fsp3) is 0.143. The summed E-state index contributed by atoms with van der Waals surface area (Å²) < 4.78 is 6.56. The van der Waals surface area contributed by atoms with E-state index in [0.717, 1.165) is 40.7 Å².